The Hall–Kier alpha value is -1.04. The van der Waals surface area contributed by atoms with E-state index in [0.29, 0.717) is 17.1 Å². The van der Waals surface area contributed by atoms with Crippen LogP contribution in [0.15, 0.2) is 18.2 Å². The Bertz CT molecular complexity index is 496. The van der Waals surface area contributed by atoms with Gasteiger partial charge in [0.1, 0.15) is 10.8 Å². The van der Waals surface area contributed by atoms with Gasteiger partial charge in [-0.2, -0.15) is 0 Å². The van der Waals surface area contributed by atoms with Crippen molar-refractivity contribution >= 4 is 17.2 Å². The number of rotatable bonds is 5. The molecule has 0 aliphatic carbocycles. The molecule has 5 heteroatoms. The number of nitrogens with two attached hydrogens (primary N) is 1. The number of likely N-dealkylation sites (tertiary alicyclic amines) is 1. The van der Waals surface area contributed by atoms with E-state index in [0.717, 1.165) is 31.1 Å². The predicted octanol–water partition coefficient (Wildman–Crippen LogP) is 2.23. The highest BCUT2D eigenvalue weighted by Gasteiger charge is 2.20. The van der Waals surface area contributed by atoms with Crippen LogP contribution in [0.3, 0.4) is 0 Å². The fourth-order valence-corrected chi connectivity index (χ4v) is 3.06. The first kappa shape index (κ1) is 16.3. The number of benzene rings is 1. The Morgan fingerprint density at radius 2 is 2.05 bits per heavy atom. The van der Waals surface area contributed by atoms with Gasteiger partial charge >= 0.3 is 0 Å². The molecule has 116 valence electrons. The molecule has 2 rings (SSSR count). The molecular formula is C16H24FN3S. The average Bonchev–Trinajstić information content (AvgIpc) is 2.42. The van der Waals surface area contributed by atoms with Crippen molar-refractivity contribution in [1.82, 2.24) is 9.80 Å². The van der Waals surface area contributed by atoms with E-state index >= 15 is 0 Å². The predicted molar refractivity (Wildman–Crippen MR) is 88.8 cm³/mol. The minimum atomic E-state index is -0.176. The highest BCUT2D eigenvalue weighted by Crippen LogP contribution is 2.21. The molecule has 2 N–H and O–H groups in total. The second kappa shape index (κ2) is 7.29. The van der Waals surface area contributed by atoms with E-state index in [9.17, 15) is 4.39 Å². The molecule has 0 unspecified atom stereocenters. The van der Waals surface area contributed by atoms with Gasteiger partial charge in [0.15, 0.2) is 0 Å². The van der Waals surface area contributed by atoms with E-state index in [1.165, 1.54) is 18.9 Å². The van der Waals surface area contributed by atoms with Crippen LogP contribution in [0.4, 0.5) is 4.39 Å². The summed E-state index contributed by atoms with van der Waals surface area (Å²) in [5, 5.41) is 0. The maximum atomic E-state index is 13.9. The summed E-state index contributed by atoms with van der Waals surface area (Å²) in [7, 11) is 4.23. The highest BCUT2D eigenvalue weighted by molar-refractivity contribution is 7.80. The van der Waals surface area contributed by atoms with Crippen LogP contribution in [0.2, 0.25) is 0 Å². The summed E-state index contributed by atoms with van der Waals surface area (Å²) in [5.41, 5.74) is 7.05. The van der Waals surface area contributed by atoms with Gasteiger partial charge in [-0.1, -0.05) is 12.2 Å². The smallest absolute Gasteiger partial charge is 0.127 e. The third kappa shape index (κ3) is 4.73. The molecule has 0 atom stereocenters. The molecule has 0 amide bonds. The van der Waals surface area contributed by atoms with E-state index in [2.05, 4.69) is 23.9 Å². The standard InChI is InChI=1S/C16H24FN3S/c1-19(2)10-12-5-7-20(8-6-12)11-14-9-13(16(18)21)3-4-15(14)17/h3-4,9,12H,5-8,10-11H2,1-2H3,(H2,18,21). The molecule has 1 aromatic carbocycles. The van der Waals surface area contributed by atoms with Gasteiger partial charge in [0.2, 0.25) is 0 Å². The zero-order valence-electron chi connectivity index (χ0n) is 12.8. The summed E-state index contributed by atoms with van der Waals surface area (Å²) in [4.78, 5) is 4.88. The lowest BCUT2D eigenvalue weighted by Crippen LogP contribution is -2.36. The molecule has 1 saturated heterocycles. The minimum absolute atomic E-state index is 0.176. The van der Waals surface area contributed by atoms with Crippen LogP contribution in [0.5, 0.6) is 0 Å². The highest BCUT2D eigenvalue weighted by atomic mass is 32.1. The lowest BCUT2D eigenvalue weighted by atomic mass is 9.96. The second-order valence-electron chi connectivity index (χ2n) is 6.15. The van der Waals surface area contributed by atoms with E-state index < -0.39 is 0 Å². The van der Waals surface area contributed by atoms with E-state index in [-0.39, 0.29) is 5.82 Å². The normalized spacial score (nSPS) is 17.3. The lowest BCUT2D eigenvalue weighted by Gasteiger charge is -2.33. The monoisotopic (exact) mass is 309 g/mol. The first-order valence-corrected chi connectivity index (χ1v) is 7.82. The van der Waals surface area contributed by atoms with Crippen LogP contribution < -0.4 is 5.73 Å². The van der Waals surface area contributed by atoms with Crippen LogP contribution in [-0.2, 0) is 6.54 Å². The largest absolute Gasteiger partial charge is 0.389 e. The quantitative estimate of drug-likeness (QED) is 0.846. The molecule has 0 radical (unpaired) electrons. The van der Waals surface area contributed by atoms with Crippen molar-refractivity contribution in [3.63, 3.8) is 0 Å². The number of piperidine rings is 1. The van der Waals surface area contributed by atoms with Gasteiger partial charge in [-0.3, -0.25) is 4.90 Å². The Labute approximate surface area is 131 Å². The van der Waals surface area contributed by atoms with E-state index in [1.807, 2.05) is 0 Å². The molecule has 1 aromatic rings. The van der Waals surface area contributed by atoms with Gasteiger partial charge in [0.25, 0.3) is 0 Å². The van der Waals surface area contributed by atoms with Crippen molar-refractivity contribution in [3.05, 3.63) is 35.1 Å². The fourth-order valence-electron chi connectivity index (χ4n) is 2.93. The zero-order valence-corrected chi connectivity index (χ0v) is 13.6. The minimum Gasteiger partial charge on any atom is -0.389 e. The third-order valence-corrected chi connectivity index (χ3v) is 4.29. The third-order valence-electron chi connectivity index (χ3n) is 4.05. The molecule has 0 aromatic heterocycles. The molecular weight excluding hydrogens is 285 g/mol. The van der Waals surface area contributed by atoms with Crippen molar-refractivity contribution in [2.24, 2.45) is 11.7 Å². The molecule has 3 nitrogen and oxygen atoms in total. The number of halogens is 1. The van der Waals surface area contributed by atoms with Crippen LogP contribution >= 0.6 is 12.2 Å². The van der Waals surface area contributed by atoms with Crippen LogP contribution in [-0.4, -0.2) is 48.5 Å². The molecule has 0 bridgehead atoms. The van der Waals surface area contributed by atoms with Crippen molar-refractivity contribution in [3.8, 4) is 0 Å². The van der Waals surface area contributed by atoms with Crippen molar-refractivity contribution < 1.29 is 4.39 Å². The first-order valence-electron chi connectivity index (χ1n) is 7.41. The van der Waals surface area contributed by atoms with Gasteiger partial charge in [0.05, 0.1) is 0 Å². The number of nitrogens with zero attached hydrogens (tertiary/aromatic N) is 2. The average molecular weight is 309 g/mol. The summed E-state index contributed by atoms with van der Waals surface area (Å²) in [5.74, 6) is 0.578. The summed E-state index contributed by atoms with van der Waals surface area (Å²) in [6.45, 7) is 3.82. The Morgan fingerprint density at radius 1 is 1.38 bits per heavy atom. The molecule has 1 heterocycles. The summed E-state index contributed by atoms with van der Waals surface area (Å²) in [6, 6.07) is 4.89. The van der Waals surface area contributed by atoms with Crippen molar-refractivity contribution in [1.29, 1.82) is 0 Å². The van der Waals surface area contributed by atoms with Crippen LogP contribution in [0.1, 0.15) is 24.0 Å². The van der Waals surface area contributed by atoms with Crippen LogP contribution in [0, 0.1) is 11.7 Å². The molecule has 0 spiro atoms. The lowest BCUT2D eigenvalue weighted by molar-refractivity contribution is 0.155. The van der Waals surface area contributed by atoms with Crippen LogP contribution in [0.25, 0.3) is 0 Å². The number of thiocarbonyl (C=S) groups is 1. The fraction of sp³-hybridized carbons (Fsp3) is 0.562. The Morgan fingerprint density at radius 3 is 2.62 bits per heavy atom. The van der Waals surface area contributed by atoms with Gasteiger partial charge in [-0.05, 0) is 64.1 Å². The van der Waals surface area contributed by atoms with Gasteiger partial charge in [0, 0.05) is 24.2 Å². The molecule has 0 saturated carbocycles. The Kier molecular flexibility index (Phi) is 5.67. The molecule has 1 fully saturated rings. The van der Waals surface area contributed by atoms with Gasteiger partial charge in [-0.15, -0.1) is 0 Å². The van der Waals surface area contributed by atoms with Crippen molar-refractivity contribution in [2.75, 3.05) is 33.7 Å². The number of hydrogen-bond donors (Lipinski definition) is 1. The SMILES string of the molecule is CN(C)CC1CCN(Cc2cc(C(N)=S)ccc2F)CC1. The summed E-state index contributed by atoms with van der Waals surface area (Å²) < 4.78 is 13.9. The zero-order chi connectivity index (χ0) is 15.4. The first-order chi connectivity index (χ1) is 9.95. The molecule has 1 aliphatic rings. The van der Waals surface area contributed by atoms with Gasteiger partial charge in [-0.25, -0.2) is 4.39 Å². The van der Waals surface area contributed by atoms with Gasteiger partial charge < -0.3 is 10.6 Å². The molecule has 21 heavy (non-hydrogen) atoms. The second-order valence-corrected chi connectivity index (χ2v) is 6.59. The summed E-state index contributed by atoms with van der Waals surface area (Å²) in [6.07, 6.45) is 2.35. The Balaban J connectivity index is 1.94. The van der Waals surface area contributed by atoms with E-state index in [4.69, 9.17) is 18.0 Å². The van der Waals surface area contributed by atoms with E-state index in [1.54, 1.807) is 12.1 Å². The molecule has 1 aliphatic heterocycles. The summed E-state index contributed by atoms with van der Waals surface area (Å²) >= 11 is 4.96. The number of hydrogen-bond acceptors (Lipinski definition) is 3. The maximum absolute atomic E-state index is 13.9. The topological polar surface area (TPSA) is 32.5 Å². The maximum Gasteiger partial charge on any atom is 0.127 e. The van der Waals surface area contributed by atoms with Crippen molar-refractivity contribution in [2.45, 2.75) is 19.4 Å².